The smallest absolute Gasteiger partial charge is 0.158 e. The number of benzene rings is 1. The molecule has 0 bridgehead atoms. The summed E-state index contributed by atoms with van der Waals surface area (Å²) in [5, 5.41) is 5.67. The lowest BCUT2D eigenvalue weighted by molar-refractivity contribution is 0.250. The number of aromatic amines is 1. The van der Waals surface area contributed by atoms with Crippen LogP contribution in [-0.4, -0.2) is 55.8 Å². The topological polar surface area (TPSA) is 65.9 Å². The fourth-order valence-electron chi connectivity index (χ4n) is 3.84. The Bertz CT molecular complexity index is 1090. The third kappa shape index (κ3) is 3.25. The van der Waals surface area contributed by atoms with Crippen molar-refractivity contribution in [3.05, 3.63) is 66.4 Å². The zero-order chi connectivity index (χ0) is 18.9. The molecule has 0 unspecified atom stereocenters. The summed E-state index contributed by atoms with van der Waals surface area (Å²) >= 11 is 0. The molecule has 28 heavy (non-hydrogen) atoms. The van der Waals surface area contributed by atoms with Crippen molar-refractivity contribution in [3.8, 4) is 5.82 Å². The van der Waals surface area contributed by atoms with Crippen LogP contribution in [0.2, 0.25) is 0 Å². The van der Waals surface area contributed by atoms with Crippen LogP contribution in [0.4, 0.5) is 5.82 Å². The number of piperazine rings is 1. The lowest BCUT2D eigenvalue weighted by Gasteiger charge is -2.35. The van der Waals surface area contributed by atoms with Gasteiger partial charge in [-0.25, -0.2) is 14.6 Å². The zero-order valence-corrected chi connectivity index (χ0v) is 15.9. The minimum absolute atomic E-state index is 0.805. The Morgan fingerprint density at radius 3 is 2.71 bits per heavy atom. The Labute approximate surface area is 163 Å². The summed E-state index contributed by atoms with van der Waals surface area (Å²) in [7, 11) is 0. The van der Waals surface area contributed by atoms with Gasteiger partial charge in [0.2, 0.25) is 0 Å². The summed E-state index contributed by atoms with van der Waals surface area (Å²) in [6.45, 7) is 6.95. The first kappa shape index (κ1) is 16.9. The number of fused-ring (bicyclic) bond motifs is 1. The van der Waals surface area contributed by atoms with Crippen LogP contribution >= 0.6 is 0 Å². The first-order valence-corrected chi connectivity index (χ1v) is 9.62. The molecule has 1 aliphatic rings. The van der Waals surface area contributed by atoms with Gasteiger partial charge in [-0.1, -0.05) is 12.1 Å². The van der Waals surface area contributed by atoms with Crippen LogP contribution in [0.3, 0.4) is 0 Å². The second-order valence-corrected chi connectivity index (χ2v) is 7.32. The Balaban J connectivity index is 1.27. The van der Waals surface area contributed by atoms with E-state index in [4.69, 9.17) is 0 Å². The number of H-pyrrole nitrogens is 1. The Kier molecular flexibility index (Phi) is 4.29. The summed E-state index contributed by atoms with van der Waals surface area (Å²) in [5.41, 5.74) is 3.70. The van der Waals surface area contributed by atoms with Crippen molar-refractivity contribution in [2.45, 2.75) is 13.5 Å². The molecule has 0 saturated carbocycles. The molecule has 0 amide bonds. The van der Waals surface area contributed by atoms with E-state index in [-0.39, 0.29) is 0 Å². The Morgan fingerprint density at radius 2 is 1.89 bits per heavy atom. The van der Waals surface area contributed by atoms with Crippen LogP contribution in [0.1, 0.15) is 11.1 Å². The van der Waals surface area contributed by atoms with E-state index in [1.807, 2.05) is 31.6 Å². The lowest BCUT2D eigenvalue weighted by Crippen LogP contribution is -2.46. The molecule has 1 N–H and O–H groups in total. The van der Waals surface area contributed by atoms with Gasteiger partial charge in [-0.15, -0.1) is 0 Å². The van der Waals surface area contributed by atoms with E-state index < -0.39 is 0 Å². The van der Waals surface area contributed by atoms with Crippen LogP contribution in [0.15, 0.2) is 55.2 Å². The molecule has 0 radical (unpaired) electrons. The number of rotatable bonds is 4. The highest BCUT2D eigenvalue weighted by molar-refractivity contribution is 5.82. The van der Waals surface area contributed by atoms with Gasteiger partial charge in [-0.05, 0) is 30.2 Å². The maximum Gasteiger partial charge on any atom is 0.158 e. The van der Waals surface area contributed by atoms with E-state index >= 15 is 0 Å². The average molecular weight is 373 g/mol. The highest BCUT2D eigenvalue weighted by Gasteiger charge is 2.19. The second kappa shape index (κ2) is 7.09. The van der Waals surface area contributed by atoms with E-state index in [0.717, 1.165) is 49.9 Å². The van der Waals surface area contributed by atoms with Crippen LogP contribution in [0, 0.1) is 6.92 Å². The summed E-state index contributed by atoms with van der Waals surface area (Å²) in [6, 6.07) is 10.7. The Morgan fingerprint density at radius 1 is 1.04 bits per heavy atom. The SMILES string of the molecule is Cc1cnn(-c2cc(N3CCN(Cc4cccc5[nH]ccc45)CC3)ncn2)c1. The predicted octanol–water partition coefficient (Wildman–Crippen LogP) is 2.77. The molecule has 4 aromatic rings. The summed E-state index contributed by atoms with van der Waals surface area (Å²) < 4.78 is 1.80. The molecule has 5 rings (SSSR count). The van der Waals surface area contributed by atoms with Gasteiger partial charge in [0.05, 0.1) is 6.20 Å². The van der Waals surface area contributed by atoms with Crippen LogP contribution in [0.5, 0.6) is 0 Å². The number of hydrogen-bond acceptors (Lipinski definition) is 5. The van der Waals surface area contributed by atoms with Crippen molar-refractivity contribution in [2.24, 2.45) is 0 Å². The van der Waals surface area contributed by atoms with Crippen LogP contribution < -0.4 is 4.90 Å². The molecule has 1 aromatic carbocycles. The molecule has 1 saturated heterocycles. The summed E-state index contributed by atoms with van der Waals surface area (Å²) in [6.07, 6.45) is 7.46. The molecule has 0 atom stereocenters. The number of aromatic nitrogens is 5. The van der Waals surface area contributed by atoms with Gasteiger partial charge in [0, 0.05) is 62.1 Å². The third-order valence-electron chi connectivity index (χ3n) is 5.36. The molecule has 7 heteroatoms. The quantitative estimate of drug-likeness (QED) is 0.596. The normalized spacial score (nSPS) is 15.4. The largest absolute Gasteiger partial charge is 0.361 e. The average Bonchev–Trinajstić information content (AvgIpc) is 3.38. The van der Waals surface area contributed by atoms with Gasteiger partial charge in [-0.3, -0.25) is 4.90 Å². The first-order valence-electron chi connectivity index (χ1n) is 9.62. The summed E-state index contributed by atoms with van der Waals surface area (Å²) in [5.74, 6) is 1.77. The van der Waals surface area contributed by atoms with Gasteiger partial charge < -0.3 is 9.88 Å². The maximum absolute atomic E-state index is 4.49. The van der Waals surface area contributed by atoms with Gasteiger partial charge in [-0.2, -0.15) is 5.10 Å². The van der Waals surface area contributed by atoms with Gasteiger partial charge in [0.25, 0.3) is 0 Å². The number of hydrogen-bond donors (Lipinski definition) is 1. The molecule has 1 aliphatic heterocycles. The molecule has 142 valence electrons. The van der Waals surface area contributed by atoms with Crippen molar-refractivity contribution in [3.63, 3.8) is 0 Å². The highest BCUT2D eigenvalue weighted by atomic mass is 15.3. The Hall–Kier alpha value is -3.19. The first-order chi connectivity index (χ1) is 13.8. The van der Waals surface area contributed by atoms with Gasteiger partial charge >= 0.3 is 0 Å². The lowest BCUT2D eigenvalue weighted by atomic mass is 10.1. The van der Waals surface area contributed by atoms with Crippen molar-refractivity contribution < 1.29 is 0 Å². The van der Waals surface area contributed by atoms with Crippen molar-refractivity contribution in [1.29, 1.82) is 0 Å². The molecular formula is C21H23N7. The van der Waals surface area contributed by atoms with E-state index in [0.29, 0.717) is 0 Å². The van der Waals surface area contributed by atoms with E-state index in [1.165, 1.54) is 16.5 Å². The third-order valence-corrected chi connectivity index (χ3v) is 5.36. The highest BCUT2D eigenvalue weighted by Crippen LogP contribution is 2.21. The fraction of sp³-hybridized carbons (Fsp3) is 0.286. The zero-order valence-electron chi connectivity index (χ0n) is 15.9. The molecule has 0 spiro atoms. The molecular weight excluding hydrogens is 350 g/mol. The fourth-order valence-corrected chi connectivity index (χ4v) is 3.84. The van der Waals surface area contributed by atoms with Crippen molar-refractivity contribution >= 4 is 16.7 Å². The van der Waals surface area contributed by atoms with Gasteiger partial charge in [0.15, 0.2) is 5.82 Å². The van der Waals surface area contributed by atoms with Gasteiger partial charge in [0.1, 0.15) is 12.1 Å². The standard InChI is InChI=1S/C21H23N7/c1-16-12-25-28(13-16)21-11-20(23-15-24-21)27-9-7-26(8-10-27)14-17-3-2-4-19-18(17)5-6-22-19/h2-6,11-13,15,22H,7-10,14H2,1H3. The predicted molar refractivity (Wildman–Crippen MR) is 110 cm³/mol. The molecule has 4 heterocycles. The van der Waals surface area contributed by atoms with E-state index in [2.05, 4.69) is 54.1 Å². The minimum atomic E-state index is 0.805. The molecule has 3 aromatic heterocycles. The molecule has 1 fully saturated rings. The van der Waals surface area contributed by atoms with E-state index in [9.17, 15) is 0 Å². The summed E-state index contributed by atoms with van der Waals surface area (Å²) in [4.78, 5) is 17.0. The number of aryl methyl sites for hydroxylation is 1. The van der Waals surface area contributed by atoms with E-state index in [1.54, 1.807) is 11.0 Å². The molecule has 7 nitrogen and oxygen atoms in total. The minimum Gasteiger partial charge on any atom is -0.361 e. The molecule has 0 aliphatic carbocycles. The maximum atomic E-state index is 4.49. The number of anilines is 1. The van der Waals surface area contributed by atoms with Crippen LogP contribution in [0.25, 0.3) is 16.7 Å². The van der Waals surface area contributed by atoms with Crippen molar-refractivity contribution in [2.75, 3.05) is 31.1 Å². The van der Waals surface area contributed by atoms with Crippen molar-refractivity contribution in [1.82, 2.24) is 29.6 Å². The van der Waals surface area contributed by atoms with Crippen LogP contribution in [-0.2, 0) is 6.54 Å². The number of nitrogens with one attached hydrogen (secondary N) is 1. The second-order valence-electron chi connectivity index (χ2n) is 7.32. The monoisotopic (exact) mass is 373 g/mol. The number of nitrogens with zero attached hydrogens (tertiary/aromatic N) is 6.